The molecule has 0 atom stereocenters. The molecule has 1 aromatic heterocycles. The Bertz CT molecular complexity index is 826. The van der Waals surface area contributed by atoms with Gasteiger partial charge in [-0.15, -0.1) is 0 Å². The molecule has 0 aliphatic carbocycles. The zero-order valence-corrected chi connectivity index (χ0v) is 15.5. The van der Waals surface area contributed by atoms with Gasteiger partial charge in [-0.1, -0.05) is 6.07 Å². The van der Waals surface area contributed by atoms with E-state index in [4.69, 9.17) is 9.47 Å². The molecule has 3 rings (SSSR count). The summed E-state index contributed by atoms with van der Waals surface area (Å²) in [6.07, 6.45) is 3.23. The lowest BCUT2D eigenvalue weighted by molar-refractivity contribution is -0.151. The van der Waals surface area contributed by atoms with Gasteiger partial charge < -0.3 is 19.3 Å². The van der Waals surface area contributed by atoms with Crippen molar-refractivity contribution in [2.75, 3.05) is 44.8 Å². The summed E-state index contributed by atoms with van der Waals surface area (Å²) in [4.78, 5) is 36.2. The topological polar surface area (TPSA) is 84.9 Å². The van der Waals surface area contributed by atoms with Crippen LogP contribution in [0.15, 0.2) is 36.7 Å². The molecule has 0 radical (unpaired) electrons. The lowest BCUT2D eigenvalue weighted by Gasteiger charge is -2.34. The van der Waals surface area contributed by atoms with Gasteiger partial charge in [-0.25, -0.2) is 14.4 Å². The Morgan fingerprint density at radius 1 is 1.14 bits per heavy atom. The highest BCUT2D eigenvalue weighted by atomic mass is 19.1. The number of carbonyl (C=O) groups is 2. The molecule has 1 saturated heterocycles. The van der Waals surface area contributed by atoms with Crippen molar-refractivity contribution in [3.63, 3.8) is 0 Å². The van der Waals surface area contributed by atoms with Crippen molar-refractivity contribution >= 4 is 17.8 Å². The second kappa shape index (κ2) is 9.12. The highest BCUT2D eigenvalue weighted by Gasteiger charge is 2.23. The molecule has 1 fully saturated rings. The van der Waals surface area contributed by atoms with E-state index in [0.29, 0.717) is 37.7 Å². The molecule has 2 heterocycles. The van der Waals surface area contributed by atoms with Gasteiger partial charge >= 0.3 is 5.97 Å². The summed E-state index contributed by atoms with van der Waals surface area (Å²) in [7, 11) is 1.37. The number of rotatable bonds is 6. The number of amides is 1. The largest absolute Gasteiger partial charge is 0.494 e. The lowest BCUT2D eigenvalue weighted by atomic mass is 10.1. The molecule has 1 aliphatic heterocycles. The third-order valence-electron chi connectivity index (χ3n) is 4.39. The fourth-order valence-electron chi connectivity index (χ4n) is 2.88. The number of anilines is 1. The Hall–Kier alpha value is -3.23. The van der Waals surface area contributed by atoms with Crippen LogP contribution in [0.5, 0.6) is 5.75 Å². The Morgan fingerprint density at radius 3 is 2.50 bits per heavy atom. The summed E-state index contributed by atoms with van der Waals surface area (Å²) in [5, 5.41) is 0. The fraction of sp³-hybridized carbons (Fsp3) is 0.368. The van der Waals surface area contributed by atoms with E-state index in [1.54, 1.807) is 29.4 Å². The quantitative estimate of drug-likeness (QED) is 0.684. The minimum Gasteiger partial charge on any atom is -0.494 e. The van der Waals surface area contributed by atoms with E-state index in [0.717, 1.165) is 0 Å². The van der Waals surface area contributed by atoms with Crippen LogP contribution in [-0.4, -0.2) is 66.6 Å². The van der Waals surface area contributed by atoms with E-state index < -0.39 is 11.8 Å². The standard InChI is InChI=1S/C19H21FN4O4/c1-27-16-4-3-14(11-15(16)20)12-18(26)28-13-17(25)23-7-9-24(10-8-23)19-21-5-2-6-22-19/h2-6,11H,7-10,12-13H2,1H3. The van der Waals surface area contributed by atoms with Crippen molar-refractivity contribution in [2.24, 2.45) is 0 Å². The molecule has 0 bridgehead atoms. The fourth-order valence-corrected chi connectivity index (χ4v) is 2.88. The van der Waals surface area contributed by atoms with Crippen LogP contribution in [0.2, 0.25) is 0 Å². The number of halogens is 1. The first-order valence-electron chi connectivity index (χ1n) is 8.84. The SMILES string of the molecule is COc1ccc(CC(=O)OCC(=O)N2CCN(c3ncccn3)CC2)cc1F. The van der Waals surface area contributed by atoms with Crippen molar-refractivity contribution in [3.8, 4) is 5.75 Å². The second-order valence-electron chi connectivity index (χ2n) is 6.22. The first-order chi connectivity index (χ1) is 13.6. The van der Waals surface area contributed by atoms with Crippen molar-refractivity contribution in [1.29, 1.82) is 0 Å². The van der Waals surface area contributed by atoms with Crippen LogP contribution in [0, 0.1) is 5.82 Å². The molecular formula is C19H21FN4O4. The first-order valence-corrected chi connectivity index (χ1v) is 8.84. The van der Waals surface area contributed by atoms with Crippen LogP contribution in [0.1, 0.15) is 5.56 Å². The highest BCUT2D eigenvalue weighted by Crippen LogP contribution is 2.18. The molecule has 28 heavy (non-hydrogen) atoms. The van der Waals surface area contributed by atoms with Gasteiger partial charge in [0.05, 0.1) is 13.5 Å². The molecule has 9 heteroatoms. The molecule has 8 nitrogen and oxygen atoms in total. The van der Waals surface area contributed by atoms with E-state index >= 15 is 0 Å². The average molecular weight is 388 g/mol. The molecule has 1 aliphatic rings. The average Bonchev–Trinajstić information content (AvgIpc) is 2.73. The third-order valence-corrected chi connectivity index (χ3v) is 4.39. The number of carbonyl (C=O) groups excluding carboxylic acids is 2. The molecule has 0 spiro atoms. The number of piperazine rings is 1. The van der Waals surface area contributed by atoms with E-state index in [-0.39, 0.29) is 24.7 Å². The predicted molar refractivity (Wildman–Crippen MR) is 98.4 cm³/mol. The van der Waals surface area contributed by atoms with Crippen molar-refractivity contribution in [3.05, 3.63) is 48.0 Å². The van der Waals surface area contributed by atoms with Gasteiger partial charge in [0.15, 0.2) is 18.2 Å². The number of ether oxygens (including phenoxy) is 2. The van der Waals surface area contributed by atoms with Gasteiger partial charge in [-0.2, -0.15) is 0 Å². The van der Waals surface area contributed by atoms with Gasteiger partial charge in [-0.3, -0.25) is 9.59 Å². The first kappa shape index (κ1) is 19.5. The maximum atomic E-state index is 13.7. The van der Waals surface area contributed by atoms with E-state index in [2.05, 4.69) is 9.97 Å². The van der Waals surface area contributed by atoms with Crippen molar-refractivity contribution in [2.45, 2.75) is 6.42 Å². The number of esters is 1. The molecule has 1 amide bonds. The molecular weight excluding hydrogens is 367 g/mol. The molecule has 1 aromatic carbocycles. The second-order valence-corrected chi connectivity index (χ2v) is 6.22. The number of methoxy groups -OCH3 is 1. The Balaban J connectivity index is 1.43. The molecule has 0 N–H and O–H groups in total. The Morgan fingerprint density at radius 2 is 1.86 bits per heavy atom. The van der Waals surface area contributed by atoms with Crippen molar-refractivity contribution < 1.29 is 23.5 Å². The van der Waals surface area contributed by atoms with Gasteiger partial charge in [0, 0.05) is 38.6 Å². The normalized spacial score (nSPS) is 13.9. The van der Waals surface area contributed by atoms with Crippen LogP contribution in [-0.2, 0) is 20.7 Å². The molecule has 0 unspecified atom stereocenters. The number of benzene rings is 1. The van der Waals surface area contributed by atoms with Crippen LogP contribution in [0.3, 0.4) is 0 Å². The van der Waals surface area contributed by atoms with Gasteiger partial charge in [0.1, 0.15) is 0 Å². The van der Waals surface area contributed by atoms with Crippen LogP contribution in [0.4, 0.5) is 10.3 Å². The lowest BCUT2D eigenvalue weighted by Crippen LogP contribution is -2.50. The minimum absolute atomic E-state index is 0.104. The maximum Gasteiger partial charge on any atom is 0.310 e. The van der Waals surface area contributed by atoms with Gasteiger partial charge in [0.25, 0.3) is 5.91 Å². The van der Waals surface area contributed by atoms with E-state index in [1.807, 2.05) is 4.90 Å². The van der Waals surface area contributed by atoms with Crippen molar-refractivity contribution in [1.82, 2.24) is 14.9 Å². The van der Waals surface area contributed by atoms with E-state index in [9.17, 15) is 14.0 Å². The highest BCUT2D eigenvalue weighted by molar-refractivity contribution is 5.81. The van der Waals surface area contributed by atoms with Gasteiger partial charge in [-0.05, 0) is 23.8 Å². The number of hydrogen-bond donors (Lipinski definition) is 0. The smallest absolute Gasteiger partial charge is 0.310 e. The van der Waals surface area contributed by atoms with Gasteiger partial charge in [0.2, 0.25) is 5.95 Å². The number of nitrogens with zero attached hydrogens (tertiary/aromatic N) is 4. The predicted octanol–water partition coefficient (Wildman–Crippen LogP) is 1.06. The number of hydrogen-bond acceptors (Lipinski definition) is 7. The van der Waals surface area contributed by atoms with E-state index in [1.165, 1.54) is 19.2 Å². The minimum atomic E-state index is -0.589. The van der Waals surface area contributed by atoms with Crippen LogP contribution in [0.25, 0.3) is 0 Å². The van der Waals surface area contributed by atoms with Crippen LogP contribution >= 0.6 is 0 Å². The zero-order valence-electron chi connectivity index (χ0n) is 15.5. The number of aromatic nitrogens is 2. The Labute approximate surface area is 161 Å². The van der Waals surface area contributed by atoms with Crippen LogP contribution < -0.4 is 9.64 Å². The molecule has 2 aromatic rings. The monoisotopic (exact) mass is 388 g/mol. The zero-order chi connectivity index (χ0) is 19.9. The summed E-state index contributed by atoms with van der Waals surface area (Å²) < 4.78 is 23.5. The summed E-state index contributed by atoms with van der Waals surface area (Å²) in [5.74, 6) is -0.665. The summed E-state index contributed by atoms with van der Waals surface area (Å²) in [6, 6.07) is 5.99. The molecule has 0 saturated carbocycles. The molecule has 148 valence electrons. The maximum absolute atomic E-state index is 13.7. The summed E-state index contributed by atoms with van der Waals surface area (Å²) in [6.45, 7) is 1.87. The summed E-state index contributed by atoms with van der Waals surface area (Å²) >= 11 is 0. The third kappa shape index (κ3) is 4.93. The Kier molecular flexibility index (Phi) is 6.36. The summed E-state index contributed by atoms with van der Waals surface area (Å²) in [5.41, 5.74) is 0.451.